The molecular weight excluding hydrogens is 1520 g/mol. The van der Waals surface area contributed by atoms with Gasteiger partial charge in [-0.25, -0.2) is 42.2 Å². The minimum absolute atomic E-state index is 0.00844. The van der Waals surface area contributed by atoms with Gasteiger partial charge in [0.1, 0.15) is 66.9 Å². The monoisotopic (exact) mass is 1600 g/mol. The van der Waals surface area contributed by atoms with Gasteiger partial charge >= 0.3 is 51.1 Å². The molecule has 0 radical (unpaired) electrons. The highest BCUT2D eigenvalue weighted by atomic mass is 32.7. The molecule has 3 fully saturated rings. The molecule has 40 nitrogen and oxygen atoms in total. The molecule has 0 aromatic carbocycles. The number of aryl methyl sites for hydroxylation is 3. The van der Waals surface area contributed by atoms with Crippen LogP contribution in [-0.4, -0.2) is 173 Å². The molecule has 0 amide bonds. The molecule has 8 N–H and O–H groups in total. The second-order valence-electron chi connectivity index (χ2n) is 22.8. The summed E-state index contributed by atoms with van der Waals surface area (Å²) in [5, 5.41) is 21.3. The molecular formula is C49H74N11O29P5S5. The molecule has 0 bridgehead atoms. The summed E-state index contributed by atoms with van der Waals surface area (Å²) in [6.45, 7) is -19.2. The maximum Gasteiger partial charge on any atom is 0.386 e. The Morgan fingerprint density at radius 3 is 1.76 bits per heavy atom. The SMILES string of the molecule is CCC(C)OP(=O)(S)OCC1O[C@@H](n2cnc3c(=O)[nH]c(N)nc32)C[C@H]1OP(=O)(S)OCC1O[C@@H](n2cc(C)c(=O)[nH]c2=O)C[C@H]1OP(=O)(S)OC[C@](C)(OP(=O)(S)OCC1OC(n2cc(C)c(=O)[nH]c2=O)C(OC)C1OP(=O)(S)OCCCO)C(OC)C(O)n1cc(C)c(=O)[nH]c1=O. The summed E-state index contributed by atoms with van der Waals surface area (Å²) in [5.41, 5.74) is -3.12. The lowest BCUT2D eigenvalue weighted by molar-refractivity contribution is -0.159. The quantitative estimate of drug-likeness (QED) is 0.0156. The molecule has 3 saturated heterocycles. The van der Waals surface area contributed by atoms with Gasteiger partial charge in [0.25, 0.3) is 22.2 Å². The summed E-state index contributed by atoms with van der Waals surface area (Å²) in [6, 6.07) is 0. The smallest absolute Gasteiger partial charge is 0.386 e. The summed E-state index contributed by atoms with van der Waals surface area (Å²) >= 11 is 20.8. The fourth-order valence-corrected chi connectivity index (χ4v) is 18.6. The predicted molar refractivity (Wildman–Crippen MR) is 364 cm³/mol. The topological polar surface area (TPSA) is 518 Å². The van der Waals surface area contributed by atoms with Crippen molar-refractivity contribution >= 4 is 112 Å². The van der Waals surface area contributed by atoms with Crippen LogP contribution >= 0.6 is 95.2 Å². The number of methoxy groups -OCH3 is 2. The van der Waals surface area contributed by atoms with Crippen LogP contribution in [0, 0.1) is 20.8 Å². The van der Waals surface area contributed by atoms with E-state index in [0.29, 0.717) is 11.0 Å². The van der Waals surface area contributed by atoms with Gasteiger partial charge in [0.05, 0.1) is 45.5 Å². The molecule has 0 aliphatic carbocycles. The normalized spacial score (nSPS) is 26.6. The Morgan fingerprint density at radius 1 is 0.667 bits per heavy atom. The van der Waals surface area contributed by atoms with E-state index in [0.717, 1.165) is 48.9 Å². The van der Waals surface area contributed by atoms with Crippen LogP contribution < -0.4 is 45.0 Å². The molecule has 5 aromatic rings. The highest BCUT2D eigenvalue weighted by molar-refractivity contribution is 8.45. The van der Waals surface area contributed by atoms with Gasteiger partial charge in [-0.2, -0.15) is 4.98 Å². The van der Waals surface area contributed by atoms with Gasteiger partial charge in [0.15, 0.2) is 23.6 Å². The number of fused-ring (bicyclic) bond motifs is 1. The number of anilines is 1. The molecule has 0 spiro atoms. The molecule has 50 heteroatoms. The Hall–Kier alpha value is -3.59. The van der Waals surface area contributed by atoms with Crippen molar-refractivity contribution in [1.82, 2.24) is 48.2 Å². The third kappa shape index (κ3) is 20.5. The van der Waals surface area contributed by atoms with E-state index in [2.05, 4.69) is 86.2 Å². The van der Waals surface area contributed by atoms with Crippen LogP contribution in [-0.2, 0) is 91.7 Å². The Morgan fingerprint density at radius 2 is 1.18 bits per heavy atom. The van der Waals surface area contributed by atoms with E-state index >= 15 is 0 Å². The summed E-state index contributed by atoms with van der Waals surface area (Å²) in [6.07, 6.45) is -15.1. The average Bonchev–Trinajstić information content (AvgIpc) is 1.70. The fraction of sp³-hybridized carbons (Fsp3) is 0.653. The largest absolute Gasteiger partial charge is 0.396 e. The number of aromatic nitrogens is 10. The molecule has 19 atom stereocenters. The Balaban J connectivity index is 1.07. The molecule has 3 aliphatic rings. The van der Waals surface area contributed by atoms with Gasteiger partial charge in [-0.3, -0.25) is 98.1 Å². The number of hydrogen-bond donors (Lipinski definition) is 12. The number of aromatic amines is 4. The average molecular weight is 1600 g/mol. The van der Waals surface area contributed by atoms with Crippen LogP contribution in [0.1, 0.15) is 88.1 Å². The maximum atomic E-state index is 14.9. The number of nitrogens with two attached hydrogens (primary N) is 1. The Kier molecular flexibility index (Phi) is 27.2. The van der Waals surface area contributed by atoms with Crippen molar-refractivity contribution in [2.24, 2.45) is 0 Å². The summed E-state index contributed by atoms with van der Waals surface area (Å²) in [7, 11) is 2.14. The van der Waals surface area contributed by atoms with Crippen molar-refractivity contribution in [1.29, 1.82) is 0 Å². The molecule has 3 aliphatic heterocycles. The van der Waals surface area contributed by atoms with Gasteiger partial charge in [-0.05, 0) is 47.5 Å². The van der Waals surface area contributed by atoms with Crippen LogP contribution in [0.15, 0.2) is 58.5 Å². The number of thiol groups is 5. The number of nitrogens with zero attached hydrogens (tertiary/aromatic N) is 6. The van der Waals surface area contributed by atoms with Crippen molar-refractivity contribution in [3.05, 3.63) is 114 Å². The van der Waals surface area contributed by atoms with Crippen molar-refractivity contribution in [2.45, 2.75) is 153 Å². The first-order valence-electron chi connectivity index (χ1n) is 29.5. The van der Waals surface area contributed by atoms with Crippen LogP contribution in [0.25, 0.3) is 11.2 Å². The van der Waals surface area contributed by atoms with Gasteiger partial charge in [-0.15, -0.1) is 0 Å². The van der Waals surface area contributed by atoms with Crippen LogP contribution in [0.5, 0.6) is 0 Å². The molecule has 0 saturated carbocycles. The number of nitrogen functional groups attached to an aromatic ring is 1. The van der Waals surface area contributed by atoms with Gasteiger partial charge in [-0.1, -0.05) is 68.2 Å². The highest BCUT2D eigenvalue weighted by Crippen LogP contribution is 2.63. The van der Waals surface area contributed by atoms with Gasteiger partial charge < -0.3 is 44.2 Å². The van der Waals surface area contributed by atoms with E-state index < -0.39 is 192 Å². The van der Waals surface area contributed by atoms with E-state index in [1.165, 1.54) is 31.7 Å². The standard InChI is InChI=1S/C49H74N11O29P5S5/c1-9-26(5)85-91(71,96)78-18-30-28(14-33(83-30)60-22-51-34-38(60)52-45(50)53-42(34)65)86-92(72,97)79-19-29-27(13-32(82-29)57-15-23(2)39(62)54-46(57)67)87-93(73,98)81-21-49(6,37(76-8)43(66)58-16-24(3)40(63)55-47(58)68)89-94(74,99)80-20-31-35(88-90(70,95)77-12-10-11-61)36(75-7)44(84-31)59-17-25(4)41(64)56-48(59)69/h15-17,22,26-33,35-37,43-44,61,66H,9-14,18-21H2,1-8H3,(H,70,95)(H,71,96)(H,72,97)(H,73,98)(H,74,99)(H,54,62,67)(H,55,63,68)(H,56,64,69)(H3,50,52,53,65)/t26?,27-,28-,29?,30?,31?,32-,33-,35?,36?,37?,43?,44?,49+,90?,91?,92?,93?,94?/m1/s1. The van der Waals surface area contributed by atoms with Crippen molar-refractivity contribution < 1.29 is 102 Å². The first-order chi connectivity index (χ1) is 46.2. The zero-order valence-corrected chi connectivity index (χ0v) is 62.5. The molecule has 554 valence electrons. The Labute approximate surface area is 586 Å². The highest BCUT2D eigenvalue weighted by Gasteiger charge is 2.54. The van der Waals surface area contributed by atoms with Crippen LogP contribution in [0.3, 0.4) is 0 Å². The van der Waals surface area contributed by atoms with E-state index in [1.807, 2.05) is 4.98 Å². The Bertz CT molecular complexity index is 4430. The van der Waals surface area contributed by atoms with Crippen molar-refractivity contribution in [3.63, 3.8) is 0 Å². The lowest BCUT2D eigenvalue weighted by Gasteiger charge is -2.40. The molecule has 8 heterocycles. The van der Waals surface area contributed by atoms with Crippen LogP contribution in [0.4, 0.5) is 5.95 Å². The van der Waals surface area contributed by atoms with Crippen molar-refractivity contribution in [2.75, 3.05) is 59.6 Å². The van der Waals surface area contributed by atoms with Crippen molar-refractivity contribution in [3.8, 4) is 0 Å². The van der Waals surface area contributed by atoms with Crippen LogP contribution in [0.2, 0.25) is 0 Å². The lowest BCUT2D eigenvalue weighted by atomic mass is 9.98. The van der Waals surface area contributed by atoms with Gasteiger partial charge in [0.2, 0.25) is 5.95 Å². The second kappa shape index (κ2) is 33.2. The number of imidazole rings is 1. The minimum Gasteiger partial charge on any atom is -0.396 e. The second-order valence-corrected chi connectivity index (χ2v) is 37.1. The van der Waals surface area contributed by atoms with E-state index in [1.54, 1.807) is 13.8 Å². The number of H-pyrrole nitrogens is 4. The third-order valence-corrected chi connectivity index (χ3v) is 23.8. The minimum atomic E-state index is -5.12. The zero-order chi connectivity index (χ0) is 73.1. The summed E-state index contributed by atoms with van der Waals surface area (Å²) < 4.78 is 162. The molecule has 99 heavy (non-hydrogen) atoms. The number of nitrogens with one attached hydrogen (secondary N) is 4. The van der Waals surface area contributed by atoms with E-state index in [4.69, 9.17) is 74.7 Å². The van der Waals surface area contributed by atoms with E-state index in [-0.39, 0.29) is 59.9 Å². The number of aliphatic hydroxyl groups is 2. The number of rotatable bonds is 35. The zero-order valence-electron chi connectivity index (χ0n) is 53.5. The first kappa shape index (κ1) is 81.1. The van der Waals surface area contributed by atoms with Gasteiger partial charge in [0, 0.05) is 68.9 Å². The number of aliphatic hydroxyl groups excluding tert-OH is 2. The summed E-state index contributed by atoms with van der Waals surface area (Å²) in [4.78, 5) is 107. The predicted octanol–water partition coefficient (Wildman–Crippen LogP) is 3.67. The maximum absolute atomic E-state index is 14.9. The molecule has 14 unspecified atom stereocenters. The number of ether oxygens (including phenoxy) is 5. The summed E-state index contributed by atoms with van der Waals surface area (Å²) in [5.74, 6) is -0.264. The lowest BCUT2D eigenvalue weighted by Crippen LogP contribution is -2.52. The fourth-order valence-electron chi connectivity index (χ4n) is 10.4. The third-order valence-electron chi connectivity index (χ3n) is 15.4. The molecule has 5 aromatic heterocycles. The first-order valence-corrected chi connectivity index (χ1v) is 43.0. The molecule has 8 rings (SSSR count). The number of hydrogen-bond acceptors (Lipinski definition) is 32. The van der Waals surface area contributed by atoms with E-state index in [9.17, 15) is 66.6 Å².